The molecule has 0 radical (unpaired) electrons. The van der Waals surface area contributed by atoms with E-state index < -0.39 is 35.8 Å². The van der Waals surface area contributed by atoms with Crippen LogP contribution in [0.2, 0.25) is 5.02 Å². The zero-order valence-electron chi connectivity index (χ0n) is 26.9. The van der Waals surface area contributed by atoms with Gasteiger partial charge in [0.15, 0.2) is 17.3 Å². The van der Waals surface area contributed by atoms with Crippen molar-refractivity contribution >= 4 is 35.2 Å². The van der Waals surface area contributed by atoms with Crippen molar-refractivity contribution in [1.82, 2.24) is 35.6 Å². The summed E-state index contributed by atoms with van der Waals surface area (Å²) in [4.78, 5) is 60.1. The molecule has 3 atom stereocenters. The first-order valence-corrected chi connectivity index (χ1v) is 16.0. The first kappa shape index (κ1) is 33.7. The first-order valence-electron chi connectivity index (χ1n) is 15.7. The lowest BCUT2D eigenvalue weighted by molar-refractivity contribution is -0.136. The zero-order valence-corrected chi connectivity index (χ0v) is 27.7. The Kier molecular flexibility index (Phi) is 10.6. The van der Waals surface area contributed by atoms with Gasteiger partial charge in [0.1, 0.15) is 31.6 Å². The number of hydrogen-bond donors (Lipinski definition) is 3. The SMILES string of the molecule is Cc1nc2n(n1)CC(=O)N[C@H](C)C(=O)N[C@@H](C(C)C)CN(C(=O)Cc1cc3c(cc1Cl)OCCO3)CC(=O)N[C@H]2Cc1ccccc1. The minimum atomic E-state index is -0.873. The number of halogens is 1. The fraction of sp³-hybridized carbons (Fsp3) is 0.455. The normalized spacial score (nSPS) is 20.8. The molecule has 2 aliphatic rings. The van der Waals surface area contributed by atoms with E-state index in [-0.39, 0.29) is 37.9 Å². The monoisotopic (exact) mass is 665 g/mol. The third kappa shape index (κ3) is 8.59. The molecule has 2 aromatic carbocycles. The maximum absolute atomic E-state index is 14.0. The standard InChI is InChI=1S/C33H40ClN7O6/c1-19(2)26-16-40(31(44)14-23-13-27-28(15-24(23)34)47-11-10-46-27)17-29(42)37-25(12-22-8-6-5-7-9-22)32-36-21(4)39-41(32)18-30(43)35-20(3)33(45)38-26/h5-9,13,15,19-20,25-26H,10-12,14,16-18H2,1-4H3,(H,35,43)(H,37,42)(H,38,45)/t20-,25+,26-/m1/s1. The third-order valence-corrected chi connectivity index (χ3v) is 8.44. The van der Waals surface area contributed by atoms with Crippen LogP contribution in [0.25, 0.3) is 0 Å². The summed E-state index contributed by atoms with van der Waals surface area (Å²) in [5, 5.41) is 13.5. The van der Waals surface area contributed by atoms with Gasteiger partial charge in [0, 0.05) is 23.7 Å². The molecule has 0 bridgehead atoms. The molecule has 0 aliphatic carbocycles. The molecule has 0 spiro atoms. The van der Waals surface area contributed by atoms with Crippen LogP contribution < -0.4 is 25.4 Å². The minimum absolute atomic E-state index is 0.0388. The summed E-state index contributed by atoms with van der Waals surface area (Å²) in [7, 11) is 0. The Morgan fingerprint density at radius 2 is 1.68 bits per heavy atom. The first-order chi connectivity index (χ1) is 22.5. The van der Waals surface area contributed by atoms with Gasteiger partial charge in [-0.1, -0.05) is 55.8 Å². The molecule has 3 aromatic rings. The summed E-state index contributed by atoms with van der Waals surface area (Å²) in [5.74, 6) is -0.000837. The van der Waals surface area contributed by atoms with Gasteiger partial charge in [-0.3, -0.25) is 19.2 Å². The van der Waals surface area contributed by atoms with Gasteiger partial charge in [0.2, 0.25) is 23.6 Å². The molecule has 0 saturated carbocycles. The number of nitrogens with one attached hydrogen (secondary N) is 3. The van der Waals surface area contributed by atoms with E-state index in [1.165, 1.54) is 9.58 Å². The number of nitrogens with zero attached hydrogens (tertiary/aromatic N) is 4. The maximum Gasteiger partial charge on any atom is 0.242 e. The molecule has 14 heteroatoms. The molecule has 47 heavy (non-hydrogen) atoms. The summed E-state index contributed by atoms with van der Waals surface area (Å²) in [6, 6.07) is 10.8. The third-order valence-electron chi connectivity index (χ3n) is 8.09. The Bertz CT molecular complexity index is 1630. The highest BCUT2D eigenvalue weighted by molar-refractivity contribution is 6.31. The predicted molar refractivity (Wildman–Crippen MR) is 173 cm³/mol. The number of benzene rings is 2. The molecule has 13 nitrogen and oxygen atoms in total. The Morgan fingerprint density at radius 1 is 1.00 bits per heavy atom. The van der Waals surface area contributed by atoms with E-state index in [1.54, 1.807) is 26.0 Å². The highest BCUT2D eigenvalue weighted by Crippen LogP contribution is 2.35. The second kappa shape index (κ2) is 14.8. The van der Waals surface area contributed by atoms with Crippen molar-refractivity contribution in [2.75, 3.05) is 26.3 Å². The number of fused-ring (bicyclic) bond motifs is 2. The van der Waals surface area contributed by atoms with Crippen molar-refractivity contribution in [3.63, 3.8) is 0 Å². The van der Waals surface area contributed by atoms with E-state index >= 15 is 0 Å². The molecule has 0 fully saturated rings. The van der Waals surface area contributed by atoms with Crippen molar-refractivity contribution in [2.45, 2.75) is 65.2 Å². The van der Waals surface area contributed by atoms with E-state index in [1.807, 2.05) is 44.2 Å². The van der Waals surface area contributed by atoms with Crippen LogP contribution in [-0.4, -0.2) is 81.7 Å². The molecular weight excluding hydrogens is 626 g/mol. The number of ether oxygens (including phenoxy) is 2. The fourth-order valence-corrected chi connectivity index (χ4v) is 5.76. The average Bonchev–Trinajstić information content (AvgIpc) is 3.39. The molecular formula is C33H40ClN7O6. The van der Waals surface area contributed by atoms with E-state index in [0.29, 0.717) is 53.4 Å². The number of amides is 4. The van der Waals surface area contributed by atoms with Gasteiger partial charge in [-0.05, 0) is 43.4 Å². The van der Waals surface area contributed by atoms with Crippen molar-refractivity contribution in [2.24, 2.45) is 5.92 Å². The molecule has 5 rings (SSSR count). The second-order valence-corrected chi connectivity index (χ2v) is 12.6. The predicted octanol–water partition coefficient (Wildman–Crippen LogP) is 2.14. The van der Waals surface area contributed by atoms with Gasteiger partial charge < -0.3 is 30.3 Å². The van der Waals surface area contributed by atoms with Crippen LogP contribution in [0.5, 0.6) is 11.5 Å². The van der Waals surface area contributed by atoms with Gasteiger partial charge in [0.05, 0.1) is 19.0 Å². The number of rotatable bonds is 5. The molecule has 3 N–H and O–H groups in total. The van der Waals surface area contributed by atoms with Crippen LogP contribution in [0.4, 0.5) is 0 Å². The van der Waals surface area contributed by atoms with Crippen LogP contribution in [0.1, 0.15) is 49.6 Å². The van der Waals surface area contributed by atoms with Crippen LogP contribution >= 0.6 is 11.6 Å². The Morgan fingerprint density at radius 3 is 2.38 bits per heavy atom. The van der Waals surface area contributed by atoms with E-state index in [2.05, 4.69) is 26.0 Å². The second-order valence-electron chi connectivity index (χ2n) is 12.2. The lowest BCUT2D eigenvalue weighted by Gasteiger charge is -2.31. The zero-order chi connectivity index (χ0) is 33.7. The molecule has 3 heterocycles. The quantitative estimate of drug-likeness (QED) is 0.374. The number of carbonyl (C=O) groups is 4. The van der Waals surface area contributed by atoms with Crippen LogP contribution in [0.3, 0.4) is 0 Å². The van der Waals surface area contributed by atoms with Crippen LogP contribution in [0.15, 0.2) is 42.5 Å². The Balaban J connectivity index is 1.49. The fourth-order valence-electron chi connectivity index (χ4n) is 5.54. The van der Waals surface area contributed by atoms with Gasteiger partial charge in [0.25, 0.3) is 0 Å². The molecule has 250 valence electrons. The highest BCUT2D eigenvalue weighted by Gasteiger charge is 2.30. The van der Waals surface area contributed by atoms with Gasteiger partial charge in [-0.15, -0.1) is 0 Å². The molecule has 1 aromatic heterocycles. The molecule has 4 amide bonds. The van der Waals surface area contributed by atoms with Crippen molar-refractivity contribution in [3.8, 4) is 11.5 Å². The number of aromatic nitrogens is 3. The highest BCUT2D eigenvalue weighted by atomic mass is 35.5. The summed E-state index contributed by atoms with van der Waals surface area (Å²) in [5.41, 5.74) is 1.45. The number of carbonyl (C=O) groups excluding carboxylic acids is 4. The van der Waals surface area contributed by atoms with Gasteiger partial charge in [-0.25, -0.2) is 9.67 Å². The molecule has 0 unspecified atom stereocenters. The van der Waals surface area contributed by atoms with Crippen molar-refractivity contribution < 1.29 is 28.7 Å². The van der Waals surface area contributed by atoms with E-state index in [4.69, 9.17) is 21.1 Å². The lowest BCUT2D eigenvalue weighted by atomic mass is 10.0. The Labute approximate surface area is 278 Å². The summed E-state index contributed by atoms with van der Waals surface area (Å²) < 4.78 is 12.7. The summed E-state index contributed by atoms with van der Waals surface area (Å²) >= 11 is 6.55. The topological polar surface area (TPSA) is 157 Å². The lowest BCUT2D eigenvalue weighted by Crippen LogP contribution is -2.54. The largest absolute Gasteiger partial charge is 0.486 e. The number of hydrogen-bond acceptors (Lipinski definition) is 8. The maximum atomic E-state index is 14.0. The molecule has 2 aliphatic heterocycles. The smallest absolute Gasteiger partial charge is 0.242 e. The van der Waals surface area contributed by atoms with E-state index in [0.717, 1.165) is 5.56 Å². The van der Waals surface area contributed by atoms with Crippen molar-refractivity contribution in [3.05, 3.63) is 70.3 Å². The van der Waals surface area contributed by atoms with Gasteiger partial charge >= 0.3 is 0 Å². The number of aryl methyl sites for hydroxylation is 1. The van der Waals surface area contributed by atoms with E-state index in [9.17, 15) is 19.2 Å². The summed E-state index contributed by atoms with van der Waals surface area (Å²) in [6.45, 7) is 7.41. The van der Waals surface area contributed by atoms with Gasteiger partial charge in [-0.2, -0.15) is 5.10 Å². The molecule has 0 saturated heterocycles. The Hall–Kier alpha value is -4.65. The minimum Gasteiger partial charge on any atom is -0.486 e. The van der Waals surface area contributed by atoms with Crippen LogP contribution in [0, 0.1) is 12.8 Å². The van der Waals surface area contributed by atoms with Crippen molar-refractivity contribution in [1.29, 1.82) is 0 Å². The van der Waals surface area contributed by atoms with Crippen LogP contribution in [-0.2, 0) is 38.6 Å². The average molecular weight is 666 g/mol. The summed E-state index contributed by atoms with van der Waals surface area (Å²) in [6.07, 6.45) is 0.243.